The number of aryl methyl sites for hydroxylation is 1. The van der Waals surface area contributed by atoms with Crippen LogP contribution in [0, 0.1) is 6.92 Å². The molecular weight excluding hydrogens is 276 g/mol. The van der Waals surface area contributed by atoms with E-state index < -0.39 is 0 Å². The smallest absolute Gasteiger partial charge is 0.271 e. The van der Waals surface area contributed by atoms with Crippen molar-refractivity contribution in [3.8, 4) is 0 Å². The Labute approximate surface area is 131 Å². The van der Waals surface area contributed by atoms with E-state index in [1.165, 1.54) is 19.3 Å². The fourth-order valence-electron chi connectivity index (χ4n) is 3.16. The summed E-state index contributed by atoms with van der Waals surface area (Å²) >= 11 is 0. The predicted octanol–water partition coefficient (Wildman–Crippen LogP) is 2.25. The fourth-order valence-corrected chi connectivity index (χ4v) is 3.16. The van der Waals surface area contributed by atoms with Gasteiger partial charge in [-0.15, -0.1) is 0 Å². The van der Waals surface area contributed by atoms with Gasteiger partial charge in [-0.1, -0.05) is 12.5 Å². The average Bonchev–Trinajstić information content (AvgIpc) is 2.95. The van der Waals surface area contributed by atoms with Crippen molar-refractivity contribution < 1.29 is 4.79 Å². The Morgan fingerprint density at radius 3 is 3.09 bits per heavy atom. The van der Waals surface area contributed by atoms with Gasteiger partial charge in [-0.25, -0.2) is 4.98 Å². The van der Waals surface area contributed by atoms with Gasteiger partial charge in [0.25, 0.3) is 5.91 Å². The number of hydrogen-bond donors (Lipinski definition) is 1. The predicted molar refractivity (Wildman–Crippen MR) is 87.1 cm³/mol. The van der Waals surface area contributed by atoms with Crippen molar-refractivity contribution in [2.24, 2.45) is 0 Å². The minimum Gasteiger partial charge on any atom is -0.349 e. The lowest BCUT2D eigenvalue weighted by atomic mass is 10.0. The minimum atomic E-state index is -0.0900. The van der Waals surface area contributed by atoms with Crippen molar-refractivity contribution in [3.63, 3.8) is 0 Å². The maximum Gasteiger partial charge on any atom is 0.271 e. The fraction of sp³-hybridized carbons (Fsp3) is 0.529. The molecule has 1 amide bonds. The number of fused-ring (bicyclic) bond motifs is 1. The van der Waals surface area contributed by atoms with Crippen molar-refractivity contribution in [3.05, 3.63) is 35.8 Å². The highest BCUT2D eigenvalue weighted by molar-refractivity contribution is 5.92. The molecule has 22 heavy (non-hydrogen) atoms. The normalized spacial score (nSPS) is 19.5. The summed E-state index contributed by atoms with van der Waals surface area (Å²) in [5.41, 5.74) is 2.40. The van der Waals surface area contributed by atoms with E-state index in [2.05, 4.69) is 22.1 Å². The van der Waals surface area contributed by atoms with E-state index in [0.717, 1.165) is 24.3 Å². The topological polar surface area (TPSA) is 49.6 Å². The number of hydrogen-bond acceptors (Lipinski definition) is 3. The molecule has 118 valence electrons. The van der Waals surface area contributed by atoms with Crippen LogP contribution in [0.4, 0.5) is 0 Å². The Bertz CT molecular complexity index is 664. The summed E-state index contributed by atoms with van der Waals surface area (Å²) < 4.78 is 1.90. The molecule has 2 aromatic rings. The monoisotopic (exact) mass is 300 g/mol. The molecule has 0 aromatic carbocycles. The number of nitrogens with one attached hydrogen (secondary N) is 1. The molecule has 5 heteroatoms. The molecule has 0 aliphatic carbocycles. The largest absolute Gasteiger partial charge is 0.349 e. The summed E-state index contributed by atoms with van der Waals surface area (Å²) in [7, 11) is 0. The van der Waals surface area contributed by atoms with Crippen LogP contribution in [0.5, 0.6) is 0 Å². The van der Waals surface area contributed by atoms with Crippen LogP contribution in [0.2, 0.25) is 0 Å². The van der Waals surface area contributed by atoms with Crippen LogP contribution in [0.1, 0.15) is 42.2 Å². The molecule has 1 aliphatic heterocycles. The van der Waals surface area contributed by atoms with Gasteiger partial charge in [-0.3, -0.25) is 9.69 Å². The quantitative estimate of drug-likeness (QED) is 0.942. The zero-order chi connectivity index (χ0) is 15.5. The van der Waals surface area contributed by atoms with Gasteiger partial charge in [0.15, 0.2) is 0 Å². The van der Waals surface area contributed by atoms with Crippen LogP contribution in [-0.4, -0.2) is 45.9 Å². The standard InChI is InChI=1S/C17H24N4O/c1-13-6-5-10-21-12-15(19-16(13)21)17(22)18-8-11-20-9-4-3-7-14(20)2/h5-6,10,12,14H,3-4,7-9,11H2,1-2H3,(H,18,22)/t14-/m1/s1. The van der Waals surface area contributed by atoms with Gasteiger partial charge in [-0.2, -0.15) is 0 Å². The van der Waals surface area contributed by atoms with Crippen molar-refractivity contribution in [2.75, 3.05) is 19.6 Å². The van der Waals surface area contributed by atoms with Crippen LogP contribution in [-0.2, 0) is 0 Å². The summed E-state index contributed by atoms with van der Waals surface area (Å²) in [6.07, 6.45) is 7.57. The van der Waals surface area contributed by atoms with E-state index in [1.54, 1.807) is 6.20 Å². The van der Waals surface area contributed by atoms with Gasteiger partial charge >= 0.3 is 0 Å². The molecule has 0 bridgehead atoms. The molecule has 0 saturated carbocycles. The number of imidazole rings is 1. The first kappa shape index (κ1) is 15.0. The van der Waals surface area contributed by atoms with Crippen molar-refractivity contribution in [1.82, 2.24) is 19.6 Å². The van der Waals surface area contributed by atoms with Crippen molar-refractivity contribution >= 4 is 11.6 Å². The number of pyridine rings is 1. The first-order valence-electron chi connectivity index (χ1n) is 8.12. The van der Waals surface area contributed by atoms with Gasteiger partial charge in [0.1, 0.15) is 11.3 Å². The highest BCUT2D eigenvalue weighted by atomic mass is 16.1. The maximum atomic E-state index is 12.2. The summed E-state index contributed by atoms with van der Waals surface area (Å²) in [4.78, 5) is 19.1. The third-order valence-corrected chi connectivity index (χ3v) is 4.54. The zero-order valence-corrected chi connectivity index (χ0v) is 13.4. The lowest BCUT2D eigenvalue weighted by molar-refractivity contribution is 0.0934. The number of nitrogens with zero attached hydrogens (tertiary/aromatic N) is 3. The third kappa shape index (κ3) is 3.14. The van der Waals surface area contributed by atoms with Gasteiger partial charge in [0.05, 0.1) is 0 Å². The summed E-state index contributed by atoms with van der Waals surface area (Å²) in [5.74, 6) is -0.0900. The number of piperidine rings is 1. The highest BCUT2D eigenvalue weighted by Gasteiger charge is 2.18. The van der Waals surface area contributed by atoms with Crippen molar-refractivity contribution in [1.29, 1.82) is 0 Å². The lowest BCUT2D eigenvalue weighted by Gasteiger charge is -2.33. The van der Waals surface area contributed by atoms with Gasteiger partial charge in [0.2, 0.25) is 0 Å². The maximum absolute atomic E-state index is 12.2. The number of rotatable bonds is 4. The molecule has 1 aliphatic rings. The summed E-state index contributed by atoms with van der Waals surface area (Å²) in [5, 5.41) is 2.99. The van der Waals surface area contributed by atoms with Crippen LogP contribution in [0.3, 0.4) is 0 Å². The first-order valence-corrected chi connectivity index (χ1v) is 8.12. The lowest BCUT2D eigenvalue weighted by Crippen LogP contribution is -2.42. The Morgan fingerprint density at radius 1 is 1.45 bits per heavy atom. The van der Waals surface area contributed by atoms with Crippen LogP contribution >= 0.6 is 0 Å². The Morgan fingerprint density at radius 2 is 2.32 bits per heavy atom. The van der Waals surface area contributed by atoms with Crippen LogP contribution < -0.4 is 5.32 Å². The SMILES string of the molecule is Cc1cccn2cc(C(=O)NCCN3CCCC[C@H]3C)nc12. The van der Waals surface area contributed by atoms with Crippen LogP contribution in [0.15, 0.2) is 24.5 Å². The number of likely N-dealkylation sites (tertiary alicyclic amines) is 1. The highest BCUT2D eigenvalue weighted by Crippen LogP contribution is 2.15. The summed E-state index contributed by atoms with van der Waals surface area (Å²) in [6.45, 7) is 7.01. The first-order chi connectivity index (χ1) is 10.6. The Balaban J connectivity index is 1.58. The van der Waals surface area contributed by atoms with E-state index in [9.17, 15) is 4.79 Å². The molecule has 1 saturated heterocycles. The Hall–Kier alpha value is -1.88. The molecule has 0 radical (unpaired) electrons. The molecule has 1 N–H and O–H groups in total. The van der Waals surface area contributed by atoms with E-state index >= 15 is 0 Å². The second kappa shape index (κ2) is 6.48. The van der Waals surface area contributed by atoms with E-state index in [-0.39, 0.29) is 5.91 Å². The molecule has 3 heterocycles. The molecule has 0 spiro atoms. The molecule has 3 rings (SSSR count). The van der Waals surface area contributed by atoms with E-state index in [4.69, 9.17) is 0 Å². The third-order valence-electron chi connectivity index (χ3n) is 4.54. The number of aromatic nitrogens is 2. The van der Waals surface area contributed by atoms with Crippen molar-refractivity contribution in [2.45, 2.75) is 39.2 Å². The second-order valence-corrected chi connectivity index (χ2v) is 6.18. The average molecular weight is 300 g/mol. The Kier molecular flexibility index (Phi) is 4.43. The summed E-state index contributed by atoms with van der Waals surface area (Å²) in [6, 6.07) is 4.59. The molecule has 1 atom stereocenters. The number of carbonyl (C=O) groups is 1. The van der Waals surface area contributed by atoms with E-state index in [0.29, 0.717) is 18.3 Å². The van der Waals surface area contributed by atoms with Gasteiger partial charge in [0, 0.05) is 31.5 Å². The van der Waals surface area contributed by atoms with Gasteiger partial charge in [-0.05, 0) is 44.9 Å². The van der Waals surface area contributed by atoms with E-state index in [1.807, 2.05) is 29.7 Å². The number of carbonyl (C=O) groups excluding carboxylic acids is 1. The molecule has 5 nitrogen and oxygen atoms in total. The molecule has 2 aromatic heterocycles. The van der Waals surface area contributed by atoms with Crippen LogP contribution in [0.25, 0.3) is 5.65 Å². The minimum absolute atomic E-state index is 0.0900. The molecule has 1 fully saturated rings. The zero-order valence-electron chi connectivity index (χ0n) is 13.4. The number of amides is 1. The molecule has 0 unspecified atom stereocenters. The second-order valence-electron chi connectivity index (χ2n) is 6.18. The molecular formula is C17H24N4O. The van der Waals surface area contributed by atoms with Gasteiger partial charge < -0.3 is 9.72 Å².